The standard InChI is InChI=1S/C57H104O12Si3/c1-15-25-48-56(69-72(22-8,23-9)24-10)53-36-52(64-48)55-46(59)37-57(66-53,67-55)30-28-43-33-40(12)47(62-43)27-26-42-32-39(11)41(13)49(63-42)35-50-45(29-31-58)54(60-14)51(65-50)34-44(68-71(19-5,20-6)21-7)38-61-70(16-2,17-3)18-4/h15,39,42-56,58-59H,1,12-13,16-38H2,2-11,14H3/t39?,42?,43?,44?,45?,46?,47-,48-,49?,50-,51+,52+,53+,54+,55?,56?,57+/m0/s1. The molecule has 0 radical (unpaired) electrons. The highest BCUT2D eigenvalue weighted by molar-refractivity contribution is 6.74. The fourth-order valence-electron chi connectivity index (χ4n) is 13.8. The van der Waals surface area contributed by atoms with Crippen molar-refractivity contribution >= 4 is 25.0 Å². The molecule has 0 aromatic carbocycles. The van der Waals surface area contributed by atoms with Crippen molar-refractivity contribution in [3.05, 3.63) is 37.0 Å². The SMILES string of the molecule is C=CC[C@@H]1O[C@@H]2C[C@@H](O[C@@]3(CCC4CC(=C)[C@H](CCC5CC(C)C(=C)C(C[C@@H]6O[C@H](CC(CO[Si](CC)(CC)CC)O[Si](CC)(CC)CC)[C@H](OC)C6CCO)O5)O4)CC(O)C2O3)C1O[Si](CC)(CC)CC. The largest absolute Gasteiger partial charge is 0.414 e. The van der Waals surface area contributed by atoms with Crippen LogP contribution in [0.5, 0.6) is 0 Å². The van der Waals surface area contributed by atoms with Gasteiger partial charge in [-0.15, -0.1) is 6.58 Å². The van der Waals surface area contributed by atoms with Crippen molar-refractivity contribution in [3.63, 3.8) is 0 Å². The highest BCUT2D eigenvalue weighted by Crippen LogP contribution is 2.49. The topological polar surface area (TPSA) is 133 Å². The van der Waals surface area contributed by atoms with E-state index in [-0.39, 0.29) is 85.8 Å². The molecule has 0 aromatic rings. The smallest absolute Gasteiger partial charge is 0.192 e. The van der Waals surface area contributed by atoms with Gasteiger partial charge in [0.2, 0.25) is 0 Å². The van der Waals surface area contributed by atoms with Gasteiger partial charge < -0.3 is 56.6 Å². The fraction of sp³-hybridized carbons (Fsp3) is 0.895. The molecule has 0 saturated carbocycles. The zero-order chi connectivity index (χ0) is 52.4. The number of ether oxygens (including phenoxy) is 7. The molecule has 15 heteroatoms. The molecule has 6 aliphatic rings. The number of rotatable bonds is 31. The summed E-state index contributed by atoms with van der Waals surface area (Å²) in [6.45, 7) is 36.6. The lowest BCUT2D eigenvalue weighted by Gasteiger charge is -2.47. The summed E-state index contributed by atoms with van der Waals surface area (Å²) in [4.78, 5) is 0. The summed E-state index contributed by atoms with van der Waals surface area (Å²) >= 11 is 0. The second kappa shape index (κ2) is 27.3. The van der Waals surface area contributed by atoms with Crippen LogP contribution in [0.4, 0.5) is 0 Å². The summed E-state index contributed by atoms with van der Waals surface area (Å²) in [5, 5.41) is 21.8. The van der Waals surface area contributed by atoms with Crippen LogP contribution in [0.3, 0.4) is 0 Å². The lowest BCUT2D eigenvalue weighted by molar-refractivity contribution is -0.256. The minimum absolute atomic E-state index is 0.0135. The third-order valence-electron chi connectivity index (χ3n) is 19.3. The van der Waals surface area contributed by atoms with E-state index in [1.165, 1.54) is 0 Å². The summed E-state index contributed by atoms with van der Waals surface area (Å²) in [7, 11) is -4.01. The summed E-state index contributed by atoms with van der Waals surface area (Å²) < 4.78 is 69.2. The van der Waals surface area contributed by atoms with E-state index in [9.17, 15) is 10.2 Å². The molecule has 0 aliphatic carbocycles. The fourth-order valence-corrected chi connectivity index (χ4v) is 22.2. The van der Waals surface area contributed by atoms with Gasteiger partial charge >= 0.3 is 0 Å². The van der Waals surface area contributed by atoms with Crippen LogP contribution >= 0.6 is 0 Å². The van der Waals surface area contributed by atoms with Gasteiger partial charge in [-0.25, -0.2) is 0 Å². The van der Waals surface area contributed by atoms with Crippen LogP contribution in [-0.2, 0) is 46.4 Å². The maximum Gasteiger partial charge on any atom is 0.192 e. The average Bonchev–Trinajstić information content (AvgIpc) is 4.00. The van der Waals surface area contributed by atoms with Crippen LogP contribution in [0.2, 0.25) is 54.4 Å². The van der Waals surface area contributed by atoms with Gasteiger partial charge in [0.05, 0.1) is 86.0 Å². The lowest BCUT2D eigenvalue weighted by atomic mass is 9.82. The van der Waals surface area contributed by atoms with Gasteiger partial charge in [-0.2, -0.15) is 0 Å². The van der Waals surface area contributed by atoms with Crippen LogP contribution in [0, 0.1) is 11.8 Å². The minimum atomic E-state index is -1.99. The number of aliphatic hydroxyl groups excluding tert-OH is 2. The molecule has 9 unspecified atom stereocenters. The van der Waals surface area contributed by atoms with Gasteiger partial charge in [0.1, 0.15) is 6.10 Å². The van der Waals surface area contributed by atoms with Gasteiger partial charge in [0.25, 0.3) is 0 Å². The van der Waals surface area contributed by atoms with Crippen LogP contribution in [0.15, 0.2) is 37.0 Å². The average molecular weight is 1070 g/mol. The Morgan fingerprint density at radius 1 is 0.722 bits per heavy atom. The van der Waals surface area contributed by atoms with Crippen molar-refractivity contribution < 1.29 is 56.6 Å². The molecule has 4 bridgehead atoms. The number of hydrogen-bond donors (Lipinski definition) is 2. The second-order valence-corrected chi connectivity index (χ2v) is 37.2. The first-order valence-electron chi connectivity index (χ1n) is 29.3. The van der Waals surface area contributed by atoms with Crippen molar-refractivity contribution in [2.75, 3.05) is 20.3 Å². The second-order valence-electron chi connectivity index (χ2n) is 23.0. The van der Waals surface area contributed by atoms with Crippen LogP contribution in [-0.4, -0.2) is 147 Å². The monoisotopic (exact) mass is 1060 g/mol. The van der Waals surface area contributed by atoms with Crippen molar-refractivity contribution in [2.24, 2.45) is 11.8 Å². The molecule has 0 aromatic heterocycles. The zero-order valence-corrected chi connectivity index (χ0v) is 50.2. The Hall–Kier alpha value is -0.609. The summed E-state index contributed by atoms with van der Waals surface area (Å²) in [6.07, 6.45) is 7.61. The predicted octanol–water partition coefficient (Wildman–Crippen LogP) is 12.0. The van der Waals surface area contributed by atoms with E-state index in [1.807, 2.05) is 6.08 Å². The Morgan fingerprint density at radius 2 is 1.38 bits per heavy atom. The predicted molar refractivity (Wildman–Crippen MR) is 295 cm³/mol. The van der Waals surface area contributed by atoms with E-state index in [2.05, 4.69) is 89.0 Å². The molecule has 6 saturated heterocycles. The van der Waals surface area contributed by atoms with Crippen molar-refractivity contribution in [1.29, 1.82) is 0 Å². The molecular weight excluding hydrogens is 961 g/mol. The number of methoxy groups -OCH3 is 1. The molecule has 2 N–H and O–H groups in total. The van der Waals surface area contributed by atoms with Crippen molar-refractivity contribution in [2.45, 2.75) is 292 Å². The summed E-state index contributed by atoms with van der Waals surface area (Å²) in [5.41, 5.74) is 2.24. The normalized spacial score (nSPS) is 36.8. The molecule has 6 rings (SSSR count). The summed E-state index contributed by atoms with van der Waals surface area (Å²) in [6, 6.07) is 9.68. The van der Waals surface area contributed by atoms with E-state index < -0.39 is 42.9 Å². The highest BCUT2D eigenvalue weighted by atomic mass is 28.4. The van der Waals surface area contributed by atoms with E-state index in [1.54, 1.807) is 7.11 Å². The Balaban J connectivity index is 1.07. The van der Waals surface area contributed by atoms with E-state index >= 15 is 0 Å². The van der Waals surface area contributed by atoms with Crippen molar-refractivity contribution in [1.82, 2.24) is 0 Å². The van der Waals surface area contributed by atoms with Gasteiger partial charge in [0, 0.05) is 51.7 Å². The quantitative estimate of drug-likeness (QED) is 0.0506. The molecule has 6 aliphatic heterocycles. The molecule has 0 amide bonds. The number of aliphatic hydroxyl groups is 2. The zero-order valence-electron chi connectivity index (χ0n) is 47.2. The third-order valence-corrected chi connectivity index (χ3v) is 33.3. The molecule has 6 heterocycles. The number of fused-ring (bicyclic) bond motifs is 5. The lowest BCUT2D eigenvalue weighted by Crippen LogP contribution is -2.58. The number of hydrogen-bond acceptors (Lipinski definition) is 12. The maximum absolute atomic E-state index is 11.4. The van der Waals surface area contributed by atoms with Crippen LogP contribution < -0.4 is 0 Å². The van der Waals surface area contributed by atoms with E-state index in [0.717, 1.165) is 97.6 Å². The first-order chi connectivity index (χ1) is 34.5. The Kier molecular flexibility index (Phi) is 23.0. The van der Waals surface area contributed by atoms with E-state index in [4.69, 9.17) is 46.4 Å². The molecule has 72 heavy (non-hydrogen) atoms. The van der Waals surface area contributed by atoms with Gasteiger partial charge in [-0.1, -0.05) is 88.5 Å². The molecule has 17 atom stereocenters. The van der Waals surface area contributed by atoms with Gasteiger partial charge in [-0.3, -0.25) is 0 Å². The summed E-state index contributed by atoms with van der Waals surface area (Å²) in [5.74, 6) is -0.619. The Bertz CT molecular complexity index is 1670. The van der Waals surface area contributed by atoms with Crippen LogP contribution in [0.1, 0.15) is 146 Å². The molecule has 6 fully saturated rings. The molecule has 416 valence electrons. The van der Waals surface area contributed by atoms with Crippen LogP contribution in [0.25, 0.3) is 0 Å². The Labute approximate surface area is 440 Å². The minimum Gasteiger partial charge on any atom is -0.414 e. The molecular formula is C57H104O12Si3. The van der Waals surface area contributed by atoms with Gasteiger partial charge in [0.15, 0.2) is 30.7 Å². The van der Waals surface area contributed by atoms with Crippen molar-refractivity contribution in [3.8, 4) is 0 Å². The highest BCUT2D eigenvalue weighted by Gasteiger charge is 2.59. The van der Waals surface area contributed by atoms with Gasteiger partial charge in [-0.05, 0) is 116 Å². The molecule has 0 spiro atoms. The molecule has 12 nitrogen and oxygen atoms in total. The van der Waals surface area contributed by atoms with E-state index in [0.29, 0.717) is 57.5 Å². The first kappa shape index (κ1) is 60.6. The maximum atomic E-state index is 11.4. The third kappa shape index (κ3) is 14.0. The Morgan fingerprint density at radius 3 is 1.99 bits per heavy atom. The first-order valence-corrected chi connectivity index (χ1v) is 36.9.